The van der Waals surface area contributed by atoms with E-state index in [1.807, 2.05) is 18.2 Å². The van der Waals surface area contributed by atoms with E-state index in [1.165, 1.54) is 4.57 Å². The number of ketones is 2. The molecule has 0 radical (unpaired) electrons. The third-order valence-corrected chi connectivity index (χ3v) is 9.80. The average Bonchev–Trinajstić information content (AvgIpc) is 3.62. The third kappa shape index (κ3) is 6.80. The fraction of sp³-hybridized carbons (Fsp3) is 0.395. The van der Waals surface area contributed by atoms with Crippen LogP contribution in [0.5, 0.6) is 11.5 Å². The second-order valence-electron chi connectivity index (χ2n) is 13.1. The van der Waals surface area contributed by atoms with Crippen LogP contribution in [0.3, 0.4) is 0 Å². The summed E-state index contributed by atoms with van der Waals surface area (Å²) in [5.74, 6) is -0.372. The number of unbranched alkanes of at least 4 members (excludes halogenated alkanes) is 1. The zero-order valence-corrected chi connectivity index (χ0v) is 29.2. The van der Waals surface area contributed by atoms with E-state index in [2.05, 4.69) is 10.4 Å². The van der Waals surface area contributed by atoms with Gasteiger partial charge in [0.15, 0.2) is 5.78 Å². The van der Waals surface area contributed by atoms with E-state index in [-0.39, 0.29) is 47.9 Å². The van der Waals surface area contributed by atoms with E-state index < -0.39 is 17.9 Å². The van der Waals surface area contributed by atoms with Gasteiger partial charge in [-0.1, -0.05) is 12.1 Å². The molecule has 1 unspecified atom stereocenters. The van der Waals surface area contributed by atoms with Gasteiger partial charge in [-0.25, -0.2) is 0 Å². The molecule has 13 nitrogen and oxygen atoms in total. The molecule has 0 saturated heterocycles. The van der Waals surface area contributed by atoms with Gasteiger partial charge < -0.3 is 19.4 Å². The number of Topliss-reactive ketones (excluding diaryl/α,β-unsaturated/α-hetero) is 2. The molecule has 2 aromatic heterocycles. The van der Waals surface area contributed by atoms with Crippen molar-refractivity contribution in [1.29, 1.82) is 0 Å². The van der Waals surface area contributed by atoms with E-state index in [0.29, 0.717) is 67.6 Å². The second-order valence-corrected chi connectivity index (χ2v) is 13.1. The minimum Gasteiger partial charge on any atom is -0.496 e. The Hall–Kier alpha value is -5.59. The Balaban J connectivity index is 1.01. The maximum Gasteiger partial charge on any atom is 0.276 e. The number of amides is 3. The van der Waals surface area contributed by atoms with Crippen molar-refractivity contribution in [3.05, 3.63) is 75.3 Å². The van der Waals surface area contributed by atoms with Gasteiger partial charge in [0.1, 0.15) is 22.8 Å². The molecular weight excluding hydrogens is 654 g/mol. The molecule has 2 aliphatic rings. The quantitative estimate of drug-likeness (QED) is 0.125. The number of hydrogen-bond donors (Lipinski definition) is 1. The maximum absolute atomic E-state index is 13.3. The van der Waals surface area contributed by atoms with Crippen LogP contribution in [0.1, 0.15) is 76.8 Å². The summed E-state index contributed by atoms with van der Waals surface area (Å²) in [4.78, 5) is 77.2. The van der Waals surface area contributed by atoms with Gasteiger partial charge in [-0.2, -0.15) is 5.10 Å². The average molecular weight is 696 g/mol. The van der Waals surface area contributed by atoms with E-state index in [4.69, 9.17) is 9.47 Å². The first-order chi connectivity index (χ1) is 24.5. The van der Waals surface area contributed by atoms with Crippen molar-refractivity contribution in [2.75, 3.05) is 20.8 Å². The Morgan fingerprint density at radius 2 is 1.69 bits per heavy atom. The first-order valence-electron chi connectivity index (χ1n) is 17.1. The number of carbonyl (C=O) groups is 5. The van der Waals surface area contributed by atoms with Crippen LogP contribution in [0.4, 0.5) is 0 Å². The summed E-state index contributed by atoms with van der Waals surface area (Å²) in [6.45, 7) is 0.460. The number of carbonyl (C=O) groups excluding carboxylic acids is 5. The highest BCUT2D eigenvalue weighted by molar-refractivity contribution is 6.24. The van der Waals surface area contributed by atoms with Gasteiger partial charge in [-0.05, 0) is 67.9 Å². The monoisotopic (exact) mass is 695 g/mol. The Morgan fingerprint density at radius 1 is 0.941 bits per heavy atom. The Labute approximate surface area is 294 Å². The topological polar surface area (TPSA) is 159 Å². The normalized spacial score (nSPS) is 15.8. The molecule has 3 heterocycles. The van der Waals surface area contributed by atoms with Crippen molar-refractivity contribution in [3.63, 3.8) is 0 Å². The minimum absolute atomic E-state index is 0.0821. The molecule has 2 aromatic carbocycles. The number of pyridine rings is 1. The molecule has 1 aliphatic carbocycles. The molecule has 4 aromatic rings. The standard InChI is InChI=1S/C38H41N5O8/c1-41-21-28(27-20-40-42(2)35(27)38(41)49)23-17-31(50-3)25(32(18-23)51-4)11-8-13-33(46)39-16-6-5-9-22-10-7-12-26-34(22)37(48)43(36(26)47)29-15-14-24(44)19-30(29)45/h7,10,12,17-18,20-21,29H,5-6,8-9,11,13-16,19H2,1-4H3,(H,39,46). The molecule has 51 heavy (non-hydrogen) atoms. The first-order valence-corrected chi connectivity index (χ1v) is 17.1. The summed E-state index contributed by atoms with van der Waals surface area (Å²) >= 11 is 0. The number of rotatable bonds is 13. The molecule has 3 amide bonds. The van der Waals surface area contributed by atoms with Gasteiger partial charge in [0, 0.05) is 56.2 Å². The van der Waals surface area contributed by atoms with E-state index in [9.17, 15) is 28.8 Å². The highest BCUT2D eigenvalue weighted by atomic mass is 16.5. The van der Waals surface area contributed by atoms with Crippen molar-refractivity contribution < 1.29 is 33.4 Å². The zero-order chi connectivity index (χ0) is 36.4. The van der Waals surface area contributed by atoms with Crippen LogP contribution in [0.25, 0.3) is 22.0 Å². The fourth-order valence-corrected chi connectivity index (χ4v) is 7.17. The number of aryl methyl sites for hydroxylation is 3. The number of fused-ring (bicyclic) bond motifs is 2. The summed E-state index contributed by atoms with van der Waals surface area (Å²) in [6.07, 6.45) is 6.83. The molecule has 6 rings (SSSR count). The number of benzene rings is 2. The predicted molar refractivity (Wildman–Crippen MR) is 188 cm³/mol. The Bertz CT molecular complexity index is 2110. The fourth-order valence-electron chi connectivity index (χ4n) is 7.17. The van der Waals surface area contributed by atoms with Crippen molar-refractivity contribution in [2.45, 2.75) is 63.8 Å². The summed E-state index contributed by atoms with van der Waals surface area (Å²) in [5, 5.41) is 7.98. The van der Waals surface area contributed by atoms with Gasteiger partial charge >= 0.3 is 0 Å². The number of aromatic nitrogens is 3. The lowest BCUT2D eigenvalue weighted by Crippen LogP contribution is -2.47. The van der Waals surface area contributed by atoms with E-state index in [0.717, 1.165) is 32.5 Å². The molecule has 1 aliphatic heterocycles. The van der Waals surface area contributed by atoms with Crippen molar-refractivity contribution in [3.8, 4) is 22.6 Å². The van der Waals surface area contributed by atoms with Gasteiger partial charge in [-0.3, -0.25) is 38.3 Å². The first kappa shape index (κ1) is 35.2. The van der Waals surface area contributed by atoms with Crippen molar-refractivity contribution in [1.82, 2.24) is 24.6 Å². The summed E-state index contributed by atoms with van der Waals surface area (Å²) in [5.41, 5.74) is 4.17. The molecule has 0 bridgehead atoms. The molecular formula is C38H41N5O8. The smallest absolute Gasteiger partial charge is 0.276 e. The molecule has 0 spiro atoms. The van der Waals surface area contributed by atoms with Crippen LogP contribution < -0.4 is 20.3 Å². The lowest BCUT2D eigenvalue weighted by molar-refractivity contribution is -0.132. The summed E-state index contributed by atoms with van der Waals surface area (Å²) < 4.78 is 14.6. The van der Waals surface area contributed by atoms with E-state index >= 15 is 0 Å². The molecule has 1 atom stereocenters. The van der Waals surface area contributed by atoms with Crippen molar-refractivity contribution >= 4 is 40.2 Å². The molecule has 13 heteroatoms. The van der Waals surface area contributed by atoms with Crippen LogP contribution in [0, 0.1) is 0 Å². The largest absolute Gasteiger partial charge is 0.496 e. The number of nitrogens with zero attached hydrogens (tertiary/aromatic N) is 4. The van der Waals surface area contributed by atoms with Gasteiger partial charge in [0.2, 0.25) is 5.91 Å². The SMILES string of the molecule is COc1cc(-c2cn(C)c(=O)c3c2cnn3C)cc(OC)c1CCCC(=O)NCCCCc1cccc2c1C(=O)N(C1CCC(=O)CC1=O)C2=O. The maximum atomic E-state index is 13.3. The van der Waals surface area contributed by atoms with Gasteiger partial charge in [0.25, 0.3) is 17.4 Å². The number of imide groups is 1. The summed E-state index contributed by atoms with van der Waals surface area (Å²) in [7, 11) is 6.61. The van der Waals surface area contributed by atoms with Crippen LogP contribution in [-0.4, -0.2) is 75.3 Å². The van der Waals surface area contributed by atoms with E-state index in [1.54, 1.807) is 57.5 Å². The Kier molecular flexibility index (Phi) is 10.2. The van der Waals surface area contributed by atoms with Crippen molar-refractivity contribution in [2.24, 2.45) is 14.1 Å². The number of methoxy groups -OCH3 is 2. The highest BCUT2D eigenvalue weighted by Gasteiger charge is 2.45. The predicted octanol–water partition coefficient (Wildman–Crippen LogP) is 3.70. The van der Waals surface area contributed by atoms with Gasteiger partial charge in [0.05, 0.1) is 44.0 Å². The summed E-state index contributed by atoms with van der Waals surface area (Å²) in [6, 6.07) is 8.07. The zero-order valence-electron chi connectivity index (χ0n) is 29.2. The highest BCUT2D eigenvalue weighted by Crippen LogP contribution is 2.38. The molecule has 1 saturated carbocycles. The molecule has 1 N–H and O–H groups in total. The third-order valence-electron chi connectivity index (χ3n) is 9.80. The lowest BCUT2D eigenvalue weighted by Gasteiger charge is -2.27. The van der Waals surface area contributed by atoms with Crippen LogP contribution >= 0.6 is 0 Å². The number of hydrogen-bond acceptors (Lipinski definition) is 9. The number of nitrogens with one attached hydrogen (secondary N) is 1. The van der Waals surface area contributed by atoms with Crippen LogP contribution in [-0.2, 0) is 41.3 Å². The Morgan fingerprint density at radius 3 is 2.39 bits per heavy atom. The number of ether oxygens (including phenoxy) is 2. The molecule has 1 fully saturated rings. The van der Waals surface area contributed by atoms with Crippen LogP contribution in [0.15, 0.2) is 47.5 Å². The van der Waals surface area contributed by atoms with Gasteiger partial charge in [-0.15, -0.1) is 0 Å². The van der Waals surface area contributed by atoms with Crippen LogP contribution in [0.2, 0.25) is 0 Å². The second kappa shape index (κ2) is 14.7. The lowest BCUT2D eigenvalue weighted by atomic mass is 9.92. The molecule has 266 valence electrons. The minimum atomic E-state index is -0.898.